The number of carbonyl (C=O) groups excluding carboxylic acids is 2. The van der Waals surface area contributed by atoms with Crippen molar-refractivity contribution in [1.82, 2.24) is 4.90 Å². The Hall–Kier alpha value is -2.35. The molecule has 2 atom stereocenters. The second kappa shape index (κ2) is 7.34. The number of carbonyl (C=O) groups is 2. The van der Waals surface area contributed by atoms with E-state index in [2.05, 4.69) is 6.07 Å². The highest BCUT2D eigenvalue weighted by molar-refractivity contribution is 5.98. The van der Waals surface area contributed by atoms with Gasteiger partial charge in [-0.3, -0.25) is 4.79 Å². The molecule has 2 aliphatic rings. The number of hydrogen-bond acceptors (Lipinski definition) is 4. The Balaban J connectivity index is 1.76. The number of rotatable bonds is 2. The van der Waals surface area contributed by atoms with Crippen LogP contribution in [0.2, 0.25) is 0 Å². The van der Waals surface area contributed by atoms with E-state index in [-0.39, 0.29) is 29.9 Å². The summed E-state index contributed by atoms with van der Waals surface area (Å²) in [5, 5.41) is 9.08. The number of nitrogens with zero attached hydrogens (tertiary/aromatic N) is 2. The molecule has 0 aliphatic carbocycles. The molecule has 0 N–H and O–H groups in total. The molecule has 1 aromatic carbocycles. The molecule has 5 nitrogen and oxygen atoms in total. The van der Waals surface area contributed by atoms with Gasteiger partial charge in [0.15, 0.2) is 5.78 Å². The Bertz CT molecular complexity index is 774. The van der Waals surface area contributed by atoms with Gasteiger partial charge >= 0.3 is 6.09 Å². The molecule has 2 aliphatic heterocycles. The van der Waals surface area contributed by atoms with Gasteiger partial charge in [0, 0.05) is 23.6 Å². The summed E-state index contributed by atoms with van der Waals surface area (Å²) in [5.74, 6) is 0.0506. The molecule has 2 bridgehead atoms. The molecule has 2 heterocycles. The van der Waals surface area contributed by atoms with Gasteiger partial charge in [-0.15, -0.1) is 0 Å². The minimum Gasteiger partial charge on any atom is -0.444 e. The van der Waals surface area contributed by atoms with Crippen LogP contribution in [0.3, 0.4) is 0 Å². The quantitative estimate of drug-likeness (QED) is 0.714. The number of nitriles is 1. The molecule has 3 rings (SSSR count). The molecule has 0 radical (unpaired) electrons. The minimum atomic E-state index is -0.516. The number of ether oxygens (including phenoxy) is 1. The van der Waals surface area contributed by atoms with E-state index < -0.39 is 5.60 Å². The van der Waals surface area contributed by atoms with Crippen LogP contribution < -0.4 is 0 Å². The Morgan fingerprint density at radius 3 is 2.33 bits per heavy atom. The average molecular weight is 368 g/mol. The highest BCUT2D eigenvalue weighted by Gasteiger charge is 2.44. The summed E-state index contributed by atoms with van der Waals surface area (Å²) in [6, 6.07) is 7.57. The molecule has 5 heteroatoms. The first-order valence-corrected chi connectivity index (χ1v) is 9.76. The van der Waals surface area contributed by atoms with Gasteiger partial charge in [-0.25, -0.2) is 4.79 Å². The summed E-state index contributed by atoms with van der Waals surface area (Å²) in [7, 11) is 0. The van der Waals surface area contributed by atoms with Gasteiger partial charge in [-0.05, 0) is 77.5 Å². The predicted molar refractivity (Wildman–Crippen MR) is 102 cm³/mol. The van der Waals surface area contributed by atoms with Crippen molar-refractivity contribution in [2.75, 3.05) is 0 Å². The van der Waals surface area contributed by atoms with Crippen LogP contribution in [0.15, 0.2) is 18.2 Å². The number of piperidine rings is 2. The molecule has 0 spiro atoms. The van der Waals surface area contributed by atoms with Crippen molar-refractivity contribution in [1.29, 1.82) is 5.26 Å². The first-order valence-electron chi connectivity index (χ1n) is 9.76. The Morgan fingerprint density at radius 2 is 1.81 bits per heavy atom. The lowest BCUT2D eigenvalue weighted by atomic mass is 9.75. The summed E-state index contributed by atoms with van der Waals surface area (Å²) in [4.78, 5) is 27.6. The molecular weight excluding hydrogens is 340 g/mol. The summed E-state index contributed by atoms with van der Waals surface area (Å²) in [6.45, 7) is 7.49. The zero-order valence-corrected chi connectivity index (χ0v) is 16.6. The summed E-state index contributed by atoms with van der Waals surface area (Å²) in [5.41, 5.74) is 1.58. The molecule has 0 aromatic heterocycles. The Morgan fingerprint density at radius 1 is 1.19 bits per heavy atom. The van der Waals surface area contributed by atoms with Crippen LogP contribution in [0.5, 0.6) is 0 Å². The zero-order valence-electron chi connectivity index (χ0n) is 16.6. The number of ketones is 1. The number of aryl methyl sites for hydroxylation is 1. The molecule has 2 fully saturated rings. The first kappa shape index (κ1) is 19.4. The van der Waals surface area contributed by atoms with Crippen LogP contribution in [0.1, 0.15) is 74.4 Å². The maximum absolute atomic E-state index is 13.1. The van der Waals surface area contributed by atoms with Crippen molar-refractivity contribution in [2.45, 2.75) is 77.5 Å². The standard InChI is InChI=1S/C22H28N2O3/c1-14-10-15(8-9-16(14)13-23)20(25)17-11-18-6-5-7-19(12-17)24(18)21(26)27-22(2,3)4/h8-10,17-19H,5-7,11-12H2,1-4H3. The van der Waals surface area contributed by atoms with E-state index in [1.54, 1.807) is 12.1 Å². The fraction of sp³-hybridized carbons (Fsp3) is 0.591. The fourth-order valence-electron chi connectivity index (χ4n) is 4.39. The first-order chi connectivity index (χ1) is 12.7. The summed E-state index contributed by atoms with van der Waals surface area (Å²) >= 11 is 0. The van der Waals surface area contributed by atoms with Gasteiger partial charge in [0.25, 0.3) is 0 Å². The van der Waals surface area contributed by atoms with Gasteiger partial charge in [0.05, 0.1) is 11.6 Å². The van der Waals surface area contributed by atoms with Gasteiger partial charge in [0.1, 0.15) is 5.60 Å². The van der Waals surface area contributed by atoms with E-state index in [1.807, 2.05) is 38.7 Å². The number of amides is 1. The van der Waals surface area contributed by atoms with Gasteiger partial charge in [0.2, 0.25) is 0 Å². The van der Waals surface area contributed by atoms with Gasteiger partial charge < -0.3 is 9.64 Å². The average Bonchev–Trinajstić information content (AvgIpc) is 2.58. The molecule has 1 amide bonds. The van der Waals surface area contributed by atoms with Crippen LogP contribution in [-0.4, -0.2) is 34.5 Å². The number of Topliss-reactive ketones (excluding diaryl/α,β-unsaturated/α-hetero) is 1. The normalized spacial score (nSPS) is 24.9. The van der Waals surface area contributed by atoms with E-state index in [4.69, 9.17) is 10.00 Å². The van der Waals surface area contributed by atoms with E-state index in [0.717, 1.165) is 24.8 Å². The molecule has 1 aromatic rings. The second-order valence-electron chi connectivity index (χ2n) is 8.80. The lowest BCUT2D eigenvalue weighted by molar-refractivity contribution is -0.0260. The van der Waals surface area contributed by atoms with E-state index in [9.17, 15) is 9.59 Å². The van der Waals surface area contributed by atoms with E-state index >= 15 is 0 Å². The Labute approximate surface area is 161 Å². The molecule has 0 saturated carbocycles. The number of hydrogen-bond donors (Lipinski definition) is 0. The van der Waals surface area contributed by atoms with Crippen molar-refractivity contribution in [3.05, 3.63) is 34.9 Å². The fourth-order valence-corrected chi connectivity index (χ4v) is 4.39. The molecular formula is C22H28N2O3. The molecule has 2 unspecified atom stereocenters. The van der Waals surface area contributed by atoms with Crippen LogP contribution in [-0.2, 0) is 4.74 Å². The van der Waals surface area contributed by atoms with Crippen molar-refractivity contribution in [2.24, 2.45) is 5.92 Å². The third-order valence-electron chi connectivity index (χ3n) is 5.58. The predicted octanol–water partition coefficient (Wildman–Crippen LogP) is 4.62. The largest absolute Gasteiger partial charge is 0.444 e. The SMILES string of the molecule is Cc1cc(C(=O)C2CC3CCCC(C2)N3C(=O)OC(C)(C)C)ccc1C#N. The zero-order chi connectivity index (χ0) is 19.8. The second-order valence-corrected chi connectivity index (χ2v) is 8.80. The lowest BCUT2D eigenvalue weighted by Gasteiger charge is -2.48. The van der Waals surface area contributed by atoms with E-state index in [0.29, 0.717) is 24.0 Å². The van der Waals surface area contributed by atoms with Crippen LogP contribution in [0.25, 0.3) is 0 Å². The minimum absolute atomic E-state index is 0.0702. The van der Waals surface area contributed by atoms with Gasteiger partial charge in [-0.1, -0.05) is 6.07 Å². The molecule has 2 saturated heterocycles. The third kappa shape index (κ3) is 4.16. The Kier molecular flexibility index (Phi) is 5.28. The van der Waals surface area contributed by atoms with Crippen molar-refractivity contribution in [3.63, 3.8) is 0 Å². The maximum Gasteiger partial charge on any atom is 0.410 e. The van der Waals surface area contributed by atoms with Crippen molar-refractivity contribution >= 4 is 11.9 Å². The van der Waals surface area contributed by atoms with Crippen molar-refractivity contribution in [3.8, 4) is 6.07 Å². The van der Waals surface area contributed by atoms with E-state index in [1.165, 1.54) is 0 Å². The highest BCUT2D eigenvalue weighted by Crippen LogP contribution is 2.39. The molecule has 27 heavy (non-hydrogen) atoms. The smallest absolute Gasteiger partial charge is 0.410 e. The maximum atomic E-state index is 13.1. The third-order valence-corrected chi connectivity index (χ3v) is 5.58. The van der Waals surface area contributed by atoms with Crippen LogP contribution in [0, 0.1) is 24.2 Å². The van der Waals surface area contributed by atoms with Crippen LogP contribution >= 0.6 is 0 Å². The molecule has 144 valence electrons. The lowest BCUT2D eigenvalue weighted by Crippen LogP contribution is -2.56. The highest BCUT2D eigenvalue weighted by atomic mass is 16.6. The summed E-state index contributed by atoms with van der Waals surface area (Å²) < 4.78 is 5.61. The van der Waals surface area contributed by atoms with Gasteiger partial charge in [-0.2, -0.15) is 5.26 Å². The topological polar surface area (TPSA) is 70.4 Å². The number of fused-ring (bicyclic) bond motifs is 2. The number of benzene rings is 1. The summed E-state index contributed by atoms with van der Waals surface area (Å²) in [6.07, 6.45) is 4.06. The monoisotopic (exact) mass is 368 g/mol. The van der Waals surface area contributed by atoms with Crippen molar-refractivity contribution < 1.29 is 14.3 Å². The van der Waals surface area contributed by atoms with Crippen LogP contribution in [0.4, 0.5) is 4.79 Å².